The van der Waals surface area contributed by atoms with Crippen molar-refractivity contribution in [3.63, 3.8) is 0 Å². The molecular weight excluding hydrogens is 1780 g/mol. The van der Waals surface area contributed by atoms with Gasteiger partial charge in [0.15, 0.2) is 0 Å². The van der Waals surface area contributed by atoms with Gasteiger partial charge in [0.05, 0.1) is 0 Å². The van der Waals surface area contributed by atoms with Crippen LogP contribution in [-0.2, 0) is 0 Å². The minimum atomic E-state index is 0.412. The quantitative estimate of drug-likeness (QED) is 0.212. The molecule has 0 amide bonds. The van der Waals surface area contributed by atoms with Crippen LogP contribution in [0.15, 0.2) is 0 Å². The first-order valence-electron chi connectivity index (χ1n) is 8.45. The third-order valence-electron chi connectivity index (χ3n) is 6.28. The summed E-state index contributed by atoms with van der Waals surface area (Å²) in [5, 5.41) is 3.34. The molecule has 0 spiro atoms. The molecule has 0 aliphatic rings. The monoisotopic (exact) mass is 1790 g/mol. The number of aromatic nitrogens is 1. The number of aryl methyl sites for hydroxylation is 1. The molecule has 0 aliphatic heterocycles. The van der Waals surface area contributed by atoms with Crippen LogP contribution in [0.25, 0.3) is 21.8 Å². The molecule has 0 bridgehead atoms. The third-order valence-corrected chi connectivity index (χ3v) is 113. The fourth-order valence-corrected chi connectivity index (χ4v) is 51.1. The fourth-order valence-electron chi connectivity index (χ4n) is 4.02. The Morgan fingerprint density at radius 2 is 0.913 bits per heavy atom. The van der Waals surface area contributed by atoms with Gasteiger partial charge in [-0.15, -0.1) is 0 Å². The van der Waals surface area contributed by atoms with E-state index in [1.165, 1.54) is 11.0 Å². The van der Waals surface area contributed by atoms with Crippen molar-refractivity contribution in [2.24, 2.45) is 0 Å². The van der Waals surface area contributed by atoms with Crippen molar-refractivity contribution < 1.29 is 300 Å². The number of benzene rings is 2. The Bertz CT molecular complexity index is 933. The van der Waals surface area contributed by atoms with Gasteiger partial charge in [0.2, 0.25) is 0 Å². The summed E-state index contributed by atoms with van der Waals surface area (Å²) in [6.07, 6.45) is 0. The van der Waals surface area contributed by atoms with Crippen LogP contribution in [0.1, 0.15) is 11.1 Å². The van der Waals surface area contributed by atoms with Gasteiger partial charge in [-0.05, 0) is 0 Å². The van der Waals surface area contributed by atoms with Crippen LogP contribution in [0, 0.1) is 313 Å². The maximum atomic E-state index is 5.45. The number of hydrogen-bond acceptors (Lipinski definition) is 1. The molecule has 23 heavy (non-hydrogen) atoms. The summed E-state index contributed by atoms with van der Waals surface area (Å²) < 4.78 is 12.9. The van der Waals surface area contributed by atoms with E-state index in [1.54, 1.807) is 23.1 Å². The van der Waals surface area contributed by atoms with E-state index in [4.69, 9.17) is 4.98 Å². The Morgan fingerprint density at radius 1 is 0.478 bits per heavy atom. The van der Waals surface area contributed by atoms with E-state index in [0.29, 0.717) is 300 Å². The molecule has 1 nitrogen and oxygen atoms in total. The molecule has 0 saturated carbocycles. The number of fused-ring (bicyclic) bond motifs is 2. The Kier molecular flexibility index (Phi) is 12.7. The van der Waals surface area contributed by atoms with E-state index in [1.807, 2.05) is 3.02 Å². The van der Waals surface area contributed by atoms with Crippen LogP contribution in [0.2, 0.25) is 0 Å². The van der Waals surface area contributed by atoms with Crippen LogP contribution >= 0.6 is 0 Å². The van der Waals surface area contributed by atoms with E-state index in [2.05, 4.69) is 13.8 Å². The van der Waals surface area contributed by atoms with Gasteiger partial charge >= 0.3 is 356 Å². The molecule has 1 aromatic heterocycles. The van der Waals surface area contributed by atoms with Crippen molar-refractivity contribution in [1.82, 2.24) is 4.98 Å². The Hall–Kier alpha value is 8.38. The first-order valence-corrected chi connectivity index (χ1v) is 37.2. The van der Waals surface area contributed by atoms with E-state index in [0.717, 1.165) is 0 Å². The molecule has 0 radical (unpaired) electrons. The van der Waals surface area contributed by atoms with E-state index in [-0.39, 0.29) is 0 Å². The number of hydrogen-bond donors (Lipinski definition) is 0. The van der Waals surface area contributed by atoms with Crippen LogP contribution in [0.4, 0.5) is 0 Å². The van der Waals surface area contributed by atoms with Gasteiger partial charge in [-0.3, -0.25) is 0 Å². The zero-order chi connectivity index (χ0) is 17.2. The Morgan fingerprint density at radius 3 is 1.48 bits per heavy atom. The van der Waals surface area contributed by atoms with Gasteiger partial charge in [0.25, 0.3) is 0 Å². The van der Waals surface area contributed by atoms with Crippen molar-refractivity contribution in [3.8, 4) is 0 Å². The normalized spacial score (nSPS) is 11.1. The zero-order valence-electron chi connectivity index (χ0n) is 15.9. The van der Waals surface area contributed by atoms with Gasteiger partial charge in [-0.2, -0.15) is 0 Å². The summed E-state index contributed by atoms with van der Waals surface area (Å²) in [6, 6.07) is 0. The molecule has 0 fully saturated rings. The first kappa shape index (κ1) is 26.0. The Balaban J connectivity index is 2.73. The van der Waals surface area contributed by atoms with Crippen LogP contribution in [0.3, 0.4) is 0 Å². The predicted octanol–water partition coefficient (Wildman–Crippen LogP) is -3.65. The molecular formula is C15H13NRa7. The van der Waals surface area contributed by atoms with Crippen molar-refractivity contribution in [2.75, 3.05) is 0 Å². The first-order chi connectivity index (χ1) is 10.7. The minimum absolute atomic E-state index is 0.412. The van der Waals surface area contributed by atoms with Gasteiger partial charge < -0.3 is 0 Å². The van der Waals surface area contributed by atoms with Gasteiger partial charge in [0.1, 0.15) is 0 Å². The molecule has 1 heterocycles. The molecule has 0 N–H and O–H groups in total. The molecule has 2 aromatic carbocycles. The molecule has 0 aliphatic carbocycles. The second kappa shape index (κ2) is 11.2. The van der Waals surface area contributed by atoms with E-state index < -0.39 is 0 Å². The molecule has 3 aromatic rings. The summed E-state index contributed by atoms with van der Waals surface area (Å²) >= 11 is 3.25. The van der Waals surface area contributed by atoms with Crippen LogP contribution in [-0.4, -0.2) is 4.98 Å². The van der Waals surface area contributed by atoms with Crippen LogP contribution in [0.5, 0.6) is 0 Å². The maximum absolute atomic E-state index is 5.45. The van der Waals surface area contributed by atoms with Crippen molar-refractivity contribution in [2.45, 2.75) is 13.8 Å². The summed E-state index contributed by atoms with van der Waals surface area (Å²) in [4.78, 5) is 5.45. The van der Waals surface area contributed by atoms with E-state index in [9.17, 15) is 0 Å². The van der Waals surface area contributed by atoms with Crippen molar-refractivity contribution in [1.29, 1.82) is 0 Å². The standard InChI is InChI=1S/C15H6N.7Ra.7H/c1-10-7-8-15-13(9-10)11(2)12-5-3-4-6-14(12)16-15;;;;;;;;;;;;;;/h1-2H3;;;;;;;;;;;;;;. The van der Waals surface area contributed by atoms with Gasteiger partial charge in [-0.25, -0.2) is 0 Å². The number of pyridine rings is 1. The second-order valence-electron chi connectivity index (χ2n) is 7.18. The topological polar surface area (TPSA) is 12.9 Å². The summed E-state index contributed by atoms with van der Waals surface area (Å²) in [7, 11) is 0. The average Bonchev–Trinajstić information content (AvgIpc) is 2.53. The summed E-state index contributed by atoms with van der Waals surface area (Å²) in [5.41, 5.74) is 6.41. The molecule has 0 unspecified atom stereocenters. The SMILES string of the molecule is Cc1[c]([RaH])[c]([RaH])c2nc3[c]([RaH])[c]([RaH])[c]([RaH])[c]([RaH])c3c(C)c2[c]1[RaH]. The second-order valence-corrected chi connectivity index (χ2v) is 36.0. The number of nitrogens with zero attached hydrogens (tertiary/aromatic N) is 1. The third kappa shape index (κ3) is 5.23. The Labute approximate surface area is 342 Å². The van der Waals surface area contributed by atoms with Crippen LogP contribution < -0.4 is 4.23 Å². The van der Waals surface area contributed by atoms with E-state index >= 15 is 0 Å². The van der Waals surface area contributed by atoms with Gasteiger partial charge in [0, 0.05) is 0 Å². The average molecular weight is 1790 g/mol. The molecule has 3 rings (SSSR count). The molecule has 8 heteroatoms. The summed E-state index contributed by atoms with van der Waals surface area (Å²) in [5.74, 6) is 0. The molecule has 0 saturated heterocycles. The zero-order valence-corrected chi connectivity index (χ0v) is 73.5. The molecule has 0 atom stereocenters. The fraction of sp³-hybridized carbons (Fsp3) is 0.133. The van der Waals surface area contributed by atoms with Gasteiger partial charge in [-0.1, -0.05) is 0 Å². The number of rotatable bonds is 0. The van der Waals surface area contributed by atoms with Crippen molar-refractivity contribution in [3.05, 3.63) is 11.1 Å². The van der Waals surface area contributed by atoms with Crippen molar-refractivity contribution >= 4 is 26.0 Å². The molecule has 92 valence electrons. The summed E-state index contributed by atoms with van der Waals surface area (Å²) in [6.45, 7) is 4.89. The predicted molar refractivity (Wildman–Crippen MR) is 75.9 cm³/mol.